The van der Waals surface area contributed by atoms with E-state index < -0.39 is 0 Å². The minimum absolute atomic E-state index is 0.0600. The Kier molecular flexibility index (Phi) is 7.54. The van der Waals surface area contributed by atoms with Gasteiger partial charge in [0.15, 0.2) is 9.90 Å². The lowest BCUT2D eigenvalue weighted by molar-refractivity contribution is -0.116. The van der Waals surface area contributed by atoms with Crippen molar-refractivity contribution in [2.45, 2.75) is 39.2 Å². The Balaban J connectivity index is 1.27. The summed E-state index contributed by atoms with van der Waals surface area (Å²) in [6.45, 7) is 2.52. The van der Waals surface area contributed by atoms with E-state index in [2.05, 4.69) is 15.3 Å². The molecular weight excluding hydrogens is 468 g/mol. The number of ether oxygens (including phenoxy) is 1. The van der Waals surface area contributed by atoms with Crippen LogP contribution in [0.3, 0.4) is 0 Å². The van der Waals surface area contributed by atoms with E-state index in [1.165, 1.54) is 11.3 Å². The molecule has 7 nitrogen and oxygen atoms in total. The highest BCUT2D eigenvalue weighted by atomic mass is 32.1. The Labute approximate surface area is 206 Å². The number of thiazole rings is 1. The number of nitrogens with one attached hydrogen (secondary N) is 2. The van der Waals surface area contributed by atoms with Crippen LogP contribution >= 0.6 is 23.6 Å². The number of hydrogen-bond acceptors (Lipinski definition) is 6. The number of anilines is 1. The van der Waals surface area contributed by atoms with Crippen LogP contribution in [-0.4, -0.2) is 27.6 Å². The van der Waals surface area contributed by atoms with Gasteiger partial charge in [-0.15, -0.1) is 11.3 Å². The molecule has 0 fully saturated rings. The van der Waals surface area contributed by atoms with Gasteiger partial charge in [0.05, 0.1) is 23.7 Å². The maximum Gasteiger partial charge on any atom is 0.262 e. The number of nitrogens with zero attached hydrogens (tertiary/aromatic N) is 2. The summed E-state index contributed by atoms with van der Waals surface area (Å²) >= 11 is 6.82. The fraction of sp³-hybridized carbons (Fsp3) is 0.280. The van der Waals surface area contributed by atoms with Crippen molar-refractivity contribution in [1.82, 2.24) is 14.5 Å². The maximum atomic E-state index is 12.7. The molecule has 0 aliphatic carbocycles. The van der Waals surface area contributed by atoms with E-state index in [0.29, 0.717) is 28.3 Å². The normalized spacial score (nSPS) is 11.0. The molecule has 0 aliphatic rings. The predicted molar refractivity (Wildman–Crippen MR) is 139 cm³/mol. The summed E-state index contributed by atoms with van der Waals surface area (Å²) in [7, 11) is 1.63. The SMILES string of the molecule is COc1ccc(-c2nc(NC(=O)CCCCCn3c(=S)[nH]c4ccccc4c3=O)sc2C)cc1. The number of carbonyl (C=O) groups is 1. The van der Waals surface area contributed by atoms with Gasteiger partial charge in [-0.05, 0) is 68.4 Å². The smallest absolute Gasteiger partial charge is 0.262 e. The highest BCUT2D eigenvalue weighted by Crippen LogP contribution is 2.31. The Morgan fingerprint density at radius 1 is 1.15 bits per heavy atom. The van der Waals surface area contributed by atoms with Gasteiger partial charge in [-0.2, -0.15) is 0 Å². The van der Waals surface area contributed by atoms with Crippen LogP contribution in [0, 0.1) is 11.7 Å². The molecule has 9 heteroatoms. The molecule has 2 aromatic heterocycles. The lowest BCUT2D eigenvalue weighted by Gasteiger charge is -2.08. The molecule has 0 aliphatic heterocycles. The zero-order chi connectivity index (χ0) is 24.1. The zero-order valence-electron chi connectivity index (χ0n) is 19.1. The number of aromatic nitrogens is 3. The number of aromatic amines is 1. The van der Waals surface area contributed by atoms with Gasteiger partial charge in [-0.3, -0.25) is 14.2 Å². The van der Waals surface area contributed by atoms with Crippen molar-refractivity contribution in [2.24, 2.45) is 0 Å². The van der Waals surface area contributed by atoms with Crippen LogP contribution in [-0.2, 0) is 11.3 Å². The first-order valence-electron chi connectivity index (χ1n) is 11.1. The summed E-state index contributed by atoms with van der Waals surface area (Å²) in [6.07, 6.45) is 2.70. The van der Waals surface area contributed by atoms with Gasteiger partial charge in [-0.1, -0.05) is 18.6 Å². The van der Waals surface area contributed by atoms with Crippen molar-refractivity contribution in [3.05, 3.63) is 68.5 Å². The predicted octanol–water partition coefficient (Wildman–Crippen LogP) is 5.70. The molecule has 4 rings (SSSR count). The Hall–Kier alpha value is -3.30. The molecule has 0 spiro atoms. The van der Waals surface area contributed by atoms with Gasteiger partial charge in [-0.25, -0.2) is 4.98 Å². The van der Waals surface area contributed by atoms with Crippen LogP contribution in [0.25, 0.3) is 22.2 Å². The maximum absolute atomic E-state index is 12.7. The molecular formula is C25H26N4O3S2. The van der Waals surface area contributed by atoms with Gasteiger partial charge in [0.25, 0.3) is 5.56 Å². The van der Waals surface area contributed by atoms with Gasteiger partial charge in [0.1, 0.15) is 5.75 Å². The summed E-state index contributed by atoms with van der Waals surface area (Å²) in [5.74, 6) is 0.730. The van der Waals surface area contributed by atoms with Crippen molar-refractivity contribution in [3.8, 4) is 17.0 Å². The number of hydrogen-bond donors (Lipinski definition) is 2. The number of unbranched alkanes of at least 4 members (excludes halogenated alkanes) is 2. The van der Waals surface area contributed by atoms with Crippen LogP contribution in [0.1, 0.15) is 30.6 Å². The first-order chi connectivity index (χ1) is 16.5. The summed E-state index contributed by atoms with van der Waals surface area (Å²) in [5, 5.41) is 4.14. The van der Waals surface area contributed by atoms with Crippen molar-refractivity contribution >= 4 is 45.5 Å². The molecule has 0 atom stereocenters. The largest absolute Gasteiger partial charge is 0.497 e. The van der Waals surface area contributed by atoms with E-state index in [1.54, 1.807) is 17.7 Å². The van der Waals surface area contributed by atoms with Gasteiger partial charge >= 0.3 is 0 Å². The van der Waals surface area contributed by atoms with Crippen molar-refractivity contribution < 1.29 is 9.53 Å². The summed E-state index contributed by atoms with van der Waals surface area (Å²) in [5.41, 5.74) is 2.51. The van der Waals surface area contributed by atoms with Crippen LogP contribution in [0.5, 0.6) is 5.75 Å². The van der Waals surface area contributed by atoms with E-state index in [1.807, 2.05) is 49.4 Å². The fourth-order valence-electron chi connectivity index (χ4n) is 3.78. The number of para-hydroxylation sites is 1. The third kappa shape index (κ3) is 5.43. The van der Waals surface area contributed by atoms with E-state index in [-0.39, 0.29) is 11.5 Å². The number of rotatable bonds is 9. The quantitative estimate of drug-likeness (QED) is 0.230. The van der Waals surface area contributed by atoms with E-state index in [9.17, 15) is 9.59 Å². The van der Waals surface area contributed by atoms with Crippen LogP contribution in [0.15, 0.2) is 53.3 Å². The zero-order valence-corrected chi connectivity index (χ0v) is 20.7. The number of fused-ring (bicyclic) bond motifs is 1. The van der Waals surface area contributed by atoms with E-state index >= 15 is 0 Å². The topological polar surface area (TPSA) is 89.0 Å². The second-order valence-corrected chi connectivity index (χ2v) is 9.53. The summed E-state index contributed by atoms with van der Waals surface area (Å²) in [6, 6.07) is 15.1. The van der Waals surface area contributed by atoms with Crippen LogP contribution in [0.2, 0.25) is 0 Å². The monoisotopic (exact) mass is 494 g/mol. The molecule has 4 aromatic rings. The fourth-order valence-corrected chi connectivity index (χ4v) is 4.92. The minimum Gasteiger partial charge on any atom is -0.497 e. The standard InChI is InChI=1S/C25H26N4O3S2/c1-16-22(17-11-13-18(32-2)14-12-17)28-24(34-16)27-21(30)10-4-3-7-15-29-23(31)19-8-5-6-9-20(19)26-25(29)33/h5-6,8-9,11-14H,3-4,7,10,15H2,1-2H3,(H,26,33)(H,27,28,30). The first-order valence-corrected chi connectivity index (χ1v) is 12.3. The molecule has 34 heavy (non-hydrogen) atoms. The Morgan fingerprint density at radius 2 is 1.91 bits per heavy atom. The Morgan fingerprint density at radius 3 is 2.68 bits per heavy atom. The van der Waals surface area contributed by atoms with Crippen LogP contribution in [0.4, 0.5) is 5.13 Å². The molecule has 0 unspecified atom stereocenters. The lowest BCUT2D eigenvalue weighted by Crippen LogP contribution is -2.22. The summed E-state index contributed by atoms with van der Waals surface area (Å²) in [4.78, 5) is 33.8. The first kappa shape index (κ1) is 23.8. The molecule has 0 saturated carbocycles. The van der Waals surface area contributed by atoms with E-state index in [0.717, 1.165) is 46.7 Å². The number of H-pyrrole nitrogens is 1. The van der Waals surface area contributed by atoms with Crippen molar-refractivity contribution in [3.63, 3.8) is 0 Å². The van der Waals surface area contributed by atoms with Crippen molar-refractivity contribution in [1.29, 1.82) is 0 Å². The highest BCUT2D eigenvalue weighted by Gasteiger charge is 2.12. The Bertz CT molecular complexity index is 1420. The minimum atomic E-state index is -0.0797. The second-order valence-electron chi connectivity index (χ2n) is 7.94. The van der Waals surface area contributed by atoms with Crippen LogP contribution < -0.4 is 15.6 Å². The average Bonchev–Trinajstić information content (AvgIpc) is 3.20. The van der Waals surface area contributed by atoms with E-state index in [4.69, 9.17) is 17.0 Å². The number of benzene rings is 2. The molecule has 2 aromatic carbocycles. The molecule has 1 amide bonds. The third-order valence-electron chi connectivity index (χ3n) is 5.58. The van der Waals surface area contributed by atoms with Crippen molar-refractivity contribution in [2.75, 3.05) is 12.4 Å². The molecule has 176 valence electrons. The van der Waals surface area contributed by atoms with Gasteiger partial charge in [0, 0.05) is 23.4 Å². The molecule has 2 heterocycles. The number of carbonyl (C=O) groups excluding carboxylic acids is 1. The van der Waals surface area contributed by atoms with Gasteiger partial charge in [0.2, 0.25) is 5.91 Å². The lowest BCUT2D eigenvalue weighted by atomic mass is 10.1. The molecule has 0 bridgehead atoms. The highest BCUT2D eigenvalue weighted by molar-refractivity contribution is 7.71. The van der Waals surface area contributed by atoms with Gasteiger partial charge < -0.3 is 15.0 Å². The number of aryl methyl sites for hydroxylation is 1. The number of methoxy groups -OCH3 is 1. The molecule has 2 N–H and O–H groups in total. The second kappa shape index (κ2) is 10.8. The third-order valence-corrected chi connectivity index (χ3v) is 6.79. The molecule has 0 radical (unpaired) electrons. The average molecular weight is 495 g/mol. The number of amides is 1. The molecule has 0 saturated heterocycles. The summed E-state index contributed by atoms with van der Waals surface area (Å²) < 4.78 is 7.22.